The molecule has 73 heavy (non-hydrogen) atoms. The Morgan fingerprint density at radius 1 is 0.712 bits per heavy atom. The van der Waals surface area contributed by atoms with Gasteiger partial charge in [-0.3, -0.25) is 54.0 Å². The van der Waals surface area contributed by atoms with Gasteiger partial charge in [-0.1, -0.05) is 79.6 Å². The first-order chi connectivity index (χ1) is 34.8. The number of likely N-dealkylation sites (tertiary alicyclic amines) is 1. The number of nitro groups is 1. The number of nitrogens with zero attached hydrogens (tertiary/aromatic N) is 5. The molecule has 3 aromatic heterocycles. The number of aliphatic carboxylic acids is 2. The van der Waals surface area contributed by atoms with Gasteiger partial charge < -0.3 is 51.8 Å². The van der Waals surface area contributed by atoms with Gasteiger partial charge in [0.1, 0.15) is 41.6 Å². The van der Waals surface area contributed by atoms with Crippen molar-refractivity contribution in [2.45, 2.75) is 82.6 Å². The second kappa shape index (κ2) is 24.5. The monoisotopic (exact) mass is 1010 g/mol. The molecule has 7 amide bonds. The molecule has 1 saturated heterocycles. The smallest absolute Gasteiger partial charge is 0.343 e. The first kappa shape index (κ1) is 53.0. The highest BCUT2D eigenvalue weighted by Gasteiger charge is 2.39. The average molecular weight is 1010 g/mol. The Morgan fingerprint density at radius 3 is 1.79 bits per heavy atom. The van der Waals surface area contributed by atoms with Gasteiger partial charge in [0, 0.05) is 31.5 Å². The number of amides is 7. The molecule has 1 aliphatic rings. The lowest BCUT2D eigenvalue weighted by Gasteiger charge is -2.31. The van der Waals surface area contributed by atoms with Crippen molar-refractivity contribution in [1.29, 1.82) is 0 Å². The molecular weight excluding hydrogens is 959 g/mol. The molecular formula is C45H51N15O13. The fourth-order valence-electron chi connectivity index (χ4n) is 7.61. The number of nitrogens with one attached hydrogen (secondary N) is 10. The summed E-state index contributed by atoms with van der Waals surface area (Å²) in [7, 11) is 0. The molecule has 5 atom stereocenters. The van der Waals surface area contributed by atoms with Gasteiger partial charge in [-0.05, 0) is 41.2 Å². The van der Waals surface area contributed by atoms with Gasteiger partial charge in [-0.15, -0.1) is 5.10 Å². The Hall–Kier alpha value is -9.34. The molecule has 6 rings (SSSR count). The molecule has 0 spiro atoms. The lowest BCUT2D eigenvalue weighted by molar-refractivity contribution is -0.389. The third-order valence-corrected chi connectivity index (χ3v) is 11.2. The maximum atomic E-state index is 14.3. The number of aromatic nitrogens is 6. The van der Waals surface area contributed by atoms with Crippen molar-refractivity contribution >= 4 is 70.7 Å². The minimum absolute atomic E-state index is 0.0631. The van der Waals surface area contributed by atoms with Crippen LogP contribution in [0.5, 0.6) is 0 Å². The van der Waals surface area contributed by atoms with Crippen LogP contribution >= 0.6 is 0 Å². The van der Waals surface area contributed by atoms with Crippen LogP contribution in [0.15, 0.2) is 78.9 Å². The number of carbonyl (C=O) groups excluding carboxylic acids is 7. The molecule has 28 nitrogen and oxygen atoms in total. The zero-order valence-corrected chi connectivity index (χ0v) is 39.0. The Kier molecular flexibility index (Phi) is 17.8. The van der Waals surface area contributed by atoms with E-state index in [0.717, 1.165) is 6.07 Å². The molecule has 28 heteroatoms. The van der Waals surface area contributed by atoms with Crippen LogP contribution in [-0.2, 0) is 41.6 Å². The summed E-state index contributed by atoms with van der Waals surface area (Å²) in [5.41, 5.74) is 5.85. The number of carboxylic acid groups (broad SMARTS) is 2. The maximum absolute atomic E-state index is 14.3. The third kappa shape index (κ3) is 14.8. The van der Waals surface area contributed by atoms with Crippen molar-refractivity contribution < 1.29 is 58.3 Å². The summed E-state index contributed by atoms with van der Waals surface area (Å²) in [6, 6.07) is 13.7. The summed E-state index contributed by atoms with van der Waals surface area (Å²) in [6.45, 7) is 3.84. The number of carbonyl (C=O) groups is 9. The summed E-state index contributed by atoms with van der Waals surface area (Å²) < 4.78 is 0. The van der Waals surface area contributed by atoms with Crippen molar-refractivity contribution in [2.75, 3.05) is 17.2 Å². The van der Waals surface area contributed by atoms with Gasteiger partial charge in [0.15, 0.2) is 17.3 Å². The topological polar surface area (TPSA) is 411 Å². The SMILES string of the molecule is CC(C)C[C@H](NNC(=O)c1cc(NC(=O)c2cc(NC(=O)c3cc([N+](=O)[O-])[nH]n3)n[nH]2)n[nH]1)C(=O)N1CCC[C@H]1C(=O)N[C@@H](Cc1ccccc1)C(=O)N[C@@H](Cc1ccccc1)C(=O)N[C@@H](CC(=O)O)C(=O)O. The quantitative estimate of drug-likeness (QED) is 0.0294. The minimum atomic E-state index is -1.81. The number of hydrazine groups is 1. The molecule has 4 heterocycles. The van der Waals surface area contributed by atoms with Gasteiger partial charge >= 0.3 is 17.8 Å². The molecule has 5 aromatic rings. The predicted molar refractivity (Wildman–Crippen MR) is 253 cm³/mol. The van der Waals surface area contributed by atoms with Gasteiger partial charge in [-0.2, -0.15) is 10.2 Å². The normalized spacial score (nSPS) is 14.7. The lowest BCUT2D eigenvalue weighted by Crippen LogP contribution is -2.60. The Balaban J connectivity index is 1.09. The van der Waals surface area contributed by atoms with E-state index < -0.39 is 101 Å². The number of hydrogen-bond donors (Lipinski definition) is 12. The standard InChI is InChI=1S/C45H51N15O13/c1-23(2)16-31(54-58-42(67)29-20-35(56-52-29)49-40(65)28-19-34(55-51-28)50-41(66)30-21-36(57-53-30)60(72)73)44(69)59-15-9-14-33(59)43(68)47-27(18-25-12-7-4-8-13-25)38(63)46-26(17-24-10-5-3-6-11-24)39(64)48-32(45(70)71)22-37(61)62/h3-8,10-13,19-21,23,26-27,31-33,54H,9,14-18,22H2,1-2H3,(H,46,63)(H,47,68)(H,48,64)(H,53,57)(H,58,67)(H,61,62)(H,70,71)(H2,49,52,56,65)(H2,50,51,55,66)/t26-,27-,31-,32-,33-/m0/s1. The summed E-state index contributed by atoms with van der Waals surface area (Å²) in [5.74, 6) is -9.33. The summed E-state index contributed by atoms with van der Waals surface area (Å²) in [4.78, 5) is 130. The van der Waals surface area contributed by atoms with Crippen LogP contribution in [0.4, 0.5) is 17.5 Å². The predicted octanol–water partition coefficient (Wildman–Crippen LogP) is 0.408. The summed E-state index contributed by atoms with van der Waals surface area (Å²) in [6.07, 6.45) is -0.297. The number of hydrogen-bond acceptors (Lipinski definition) is 15. The molecule has 2 aromatic carbocycles. The fraction of sp³-hybridized carbons (Fsp3) is 0.333. The van der Waals surface area contributed by atoms with E-state index in [1.165, 1.54) is 17.0 Å². The molecule has 0 bridgehead atoms. The second-order valence-corrected chi connectivity index (χ2v) is 17.1. The van der Waals surface area contributed by atoms with E-state index in [-0.39, 0.29) is 66.9 Å². The molecule has 0 aliphatic carbocycles. The van der Waals surface area contributed by atoms with Crippen molar-refractivity contribution in [3.05, 3.63) is 117 Å². The Labute approximate surface area is 413 Å². The highest BCUT2D eigenvalue weighted by Crippen LogP contribution is 2.22. The number of H-pyrrole nitrogens is 3. The maximum Gasteiger partial charge on any atom is 0.343 e. The Bertz CT molecular complexity index is 2830. The average Bonchev–Trinajstić information content (AvgIpc) is 4.21. The van der Waals surface area contributed by atoms with Gasteiger partial charge in [0.2, 0.25) is 23.6 Å². The van der Waals surface area contributed by atoms with E-state index in [0.29, 0.717) is 17.5 Å². The fourth-order valence-corrected chi connectivity index (χ4v) is 7.61. The third-order valence-electron chi connectivity index (χ3n) is 11.2. The summed E-state index contributed by atoms with van der Waals surface area (Å²) >= 11 is 0. The van der Waals surface area contributed by atoms with E-state index in [1.54, 1.807) is 60.7 Å². The van der Waals surface area contributed by atoms with Crippen molar-refractivity contribution in [3.63, 3.8) is 0 Å². The Morgan fingerprint density at radius 2 is 1.26 bits per heavy atom. The van der Waals surface area contributed by atoms with Crippen LogP contribution in [0.2, 0.25) is 0 Å². The van der Waals surface area contributed by atoms with Crippen LogP contribution in [0, 0.1) is 16.0 Å². The summed E-state index contributed by atoms with van der Waals surface area (Å²) in [5, 5.41) is 60.4. The van der Waals surface area contributed by atoms with Crippen LogP contribution in [0.1, 0.15) is 82.1 Å². The number of rotatable bonds is 24. The van der Waals surface area contributed by atoms with Gasteiger partial charge in [0.25, 0.3) is 17.7 Å². The molecule has 1 aliphatic heterocycles. The number of aromatic amines is 3. The van der Waals surface area contributed by atoms with E-state index in [2.05, 4.69) is 68.0 Å². The van der Waals surface area contributed by atoms with E-state index in [4.69, 9.17) is 0 Å². The minimum Gasteiger partial charge on any atom is -0.481 e. The van der Waals surface area contributed by atoms with Crippen molar-refractivity contribution in [3.8, 4) is 0 Å². The second-order valence-electron chi connectivity index (χ2n) is 17.1. The molecule has 0 saturated carbocycles. The molecule has 1 fully saturated rings. The zero-order valence-electron chi connectivity index (χ0n) is 39.0. The highest BCUT2D eigenvalue weighted by atomic mass is 16.6. The molecule has 0 radical (unpaired) electrons. The first-order valence-corrected chi connectivity index (χ1v) is 22.6. The van der Waals surface area contributed by atoms with Crippen LogP contribution in [0.25, 0.3) is 0 Å². The largest absolute Gasteiger partial charge is 0.481 e. The molecule has 12 N–H and O–H groups in total. The zero-order chi connectivity index (χ0) is 52.8. The van der Waals surface area contributed by atoms with Crippen LogP contribution in [0.3, 0.4) is 0 Å². The number of carboxylic acids is 2. The van der Waals surface area contributed by atoms with Crippen LogP contribution in [-0.4, -0.2) is 141 Å². The number of anilines is 2. The number of benzene rings is 2. The van der Waals surface area contributed by atoms with E-state index in [1.807, 2.05) is 13.8 Å². The molecule has 384 valence electrons. The van der Waals surface area contributed by atoms with Gasteiger partial charge in [-0.25, -0.2) is 10.2 Å². The van der Waals surface area contributed by atoms with Crippen molar-refractivity contribution in [2.24, 2.45) is 5.92 Å². The lowest BCUT2D eigenvalue weighted by atomic mass is 10.0. The molecule has 0 unspecified atom stereocenters. The first-order valence-electron chi connectivity index (χ1n) is 22.6. The van der Waals surface area contributed by atoms with Crippen LogP contribution < -0.4 is 37.4 Å². The van der Waals surface area contributed by atoms with E-state index in [9.17, 15) is 63.5 Å². The van der Waals surface area contributed by atoms with E-state index >= 15 is 0 Å². The van der Waals surface area contributed by atoms with Crippen molar-refractivity contribution in [1.82, 2.24) is 62.3 Å². The highest BCUT2D eigenvalue weighted by molar-refractivity contribution is 6.06. The van der Waals surface area contributed by atoms with Gasteiger partial charge in [0.05, 0.1) is 12.5 Å².